The molecule has 0 atom stereocenters. The summed E-state index contributed by atoms with van der Waals surface area (Å²) in [4.78, 5) is 30.6. The van der Waals surface area contributed by atoms with Crippen LogP contribution in [0.2, 0.25) is 0 Å². The Kier molecular flexibility index (Phi) is 7.00. The van der Waals surface area contributed by atoms with Gasteiger partial charge in [-0.05, 0) is 49.4 Å². The number of rotatable bonds is 7. The van der Waals surface area contributed by atoms with E-state index in [1.54, 1.807) is 11.3 Å². The Morgan fingerprint density at radius 2 is 1.76 bits per heavy atom. The molecule has 1 amide bonds. The van der Waals surface area contributed by atoms with E-state index in [1.165, 1.54) is 5.56 Å². The van der Waals surface area contributed by atoms with E-state index >= 15 is 0 Å². The van der Waals surface area contributed by atoms with Crippen LogP contribution in [0.4, 0.5) is 5.69 Å². The first-order valence-corrected chi connectivity index (χ1v) is 13.8. The molecule has 0 saturated carbocycles. The van der Waals surface area contributed by atoms with Gasteiger partial charge in [0, 0.05) is 54.9 Å². The van der Waals surface area contributed by atoms with Crippen LogP contribution < -0.4 is 5.32 Å². The van der Waals surface area contributed by atoms with Gasteiger partial charge in [-0.15, -0.1) is 11.3 Å². The van der Waals surface area contributed by atoms with E-state index in [2.05, 4.69) is 39.3 Å². The molecule has 0 aliphatic carbocycles. The van der Waals surface area contributed by atoms with E-state index in [4.69, 9.17) is 9.97 Å². The van der Waals surface area contributed by atoms with Gasteiger partial charge in [0.05, 0.1) is 16.7 Å². The highest BCUT2D eigenvalue weighted by atomic mass is 32.1. The zero-order valence-electron chi connectivity index (χ0n) is 21.4. The van der Waals surface area contributed by atoms with E-state index in [0.29, 0.717) is 11.4 Å². The molecule has 0 unspecified atom stereocenters. The van der Waals surface area contributed by atoms with Crippen molar-refractivity contribution in [1.82, 2.24) is 24.8 Å². The smallest absolute Gasteiger partial charge is 0.255 e. The van der Waals surface area contributed by atoms with Crippen molar-refractivity contribution in [2.75, 3.05) is 45.1 Å². The number of likely N-dealkylation sites (N-methyl/N-ethyl adjacent to an activating group) is 1. The van der Waals surface area contributed by atoms with Gasteiger partial charge in [0.15, 0.2) is 10.8 Å². The number of amides is 1. The number of piperazine rings is 1. The lowest BCUT2D eigenvalue weighted by molar-refractivity contribution is 0.102. The molecule has 1 fully saturated rings. The summed E-state index contributed by atoms with van der Waals surface area (Å²) in [5, 5.41) is 5.88. The molecule has 6 rings (SSSR count). The van der Waals surface area contributed by atoms with Crippen LogP contribution in [0.15, 0.2) is 78.2 Å². The highest BCUT2D eigenvalue weighted by molar-refractivity contribution is 7.13. The van der Waals surface area contributed by atoms with E-state index in [-0.39, 0.29) is 5.91 Å². The molecule has 0 spiro atoms. The Morgan fingerprint density at radius 3 is 2.55 bits per heavy atom. The molecule has 192 valence electrons. The van der Waals surface area contributed by atoms with Crippen molar-refractivity contribution >= 4 is 34.0 Å². The summed E-state index contributed by atoms with van der Waals surface area (Å²) in [5.41, 5.74) is 6.27. The van der Waals surface area contributed by atoms with Crippen molar-refractivity contribution in [3.8, 4) is 22.1 Å². The molecular weight excluding hydrogens is 492 g/mol. The van der Waals surface area contributed by atoms with E-state index in [1.807, 2.05) is 66.0 Å². The number of carbonyl (C=O) groups is 1. The van der Waals surface area contributed by atoms with Gasteiger partial charge in [-0.2, -0.15) is 0 Å². The van der Waals surface area contributed by atoms with Crippen molar-refractivity contribution in [3.63, 3.8) is 0 Å². The SMILES string of the molecule is CN1CCN(CCc2ccc(NC(=O)c3ccc4nc(-c5nc(-c6ccccc6)cs5)[nH]c4c3)cc2)CC1. The van der Waals surface area contributed by atoms with Crippen LogP contribution in [0.3, 0.4) is 0 Å². The van der Waals surface area contributed by atoms with Gasteiger partial charge in [-0.3, -0.25) is 4.79 Å². The number of fused-ring (bicyclic) bond motifs is 1. The molecule has 3 heterocycles. The summed E-state index contributed by atoms with van der Waals surface area (Å²) in [6, 6.07) is 23.8. The third-order valence-corrected chi connectivity index (χ3v) is 7.89. The summed E-state index contributed by atoms with van der Waals surface area (Å²) >= 11 is 1.55. The lowest BCUT2D eigenvalue weighted by Gasteiger charge is -2.32. The van der Waals surface area contributed by atoms with Gasteiger partial charge < -0.3 is 20.1 Å². The first-order valence-electron chi connectivity index (χ1n) is 12.9. The van der Waals surface area contributed by atoms with Crippen molar-refractivity contribution in [2.45, 2.75) is 6.42 Å². The molecule has 7 nitrogen and oxygen atoms in total. The topological polar surface area (TPSA) is 77.2 Å². The fourth-order valence-corrected chi connectivity index (χ4v) is 5.46. The van der Waals surface area contributed by atoms with Crippen molar-refractivity contribution < 1.29 is 4.79 Å². The molecule has 0 bridgehead atoms. The van der Waals surface area contributed by atoms with Gasteiger partial charge in [-0.25, -0.2) is 9.97 Å². The zero-order chi connectivity index (χ0) is 25.9. The Bertz CT molecular complexity index is 1530. The molecule has 5 aromatic rings. The van der Waals surface area contributed by atoms with Gasteiger partial charge in [0.25, 0.3) is 5.91 Å². The molecule has 3 aromatic carbocycles. The van der Waals surface area contributed by atoms with Crippen LogP contribution >= 0.6 is 11.3 Å². The summed E-state index contributed by atoms with van der Waals surface area (Å²) in [7, 11) is 2.18. The fourth-order valence-electron chi connectivity index (χ4n) is 4.69. The number of thiazole rings is 1. The number of benzene rings is 3. The van der Waals surface area contributed by atoms with Crippen molar-refractivity contribution in [3.05, 3.63) is 89.3 Å². The second-order valence-electron chi connectivity index (χ2n) is 9.77. The second kappa shape index (κ2) is 10.9. The number of imidazole rings is 1. The minimum Gasteiger partial charge on any atom is -0.336 e. The molecule has 1 aliphatic rings. The number of anilines is 1. The first-order chi connectivity index (χ1) is 18.6. The minimum atomic E-state index is -0.145. The van der Waals surface area contributed by atoms with Crippen LogP contribution in [0.5, 0.6) is 0 Å². The number of H-pyrrole nitrogens is 1. The minimum absolute atomic E-state index is 0.145. The van der Waals surface area contributed by atoms with Crippen molar-refractivity contribution in [1.29, 1.82) is 0 Å². The molecule has 0 radical (unpaired) electrons. The zero-order valence-corrected chi connectivity index (χ0v) is 22.2. The fraction of sp³-hybridized carbons (Fsp3) is 0.233. The number of hydrogen-bond donors (Lipinski definition) is 2. The molecule has 2 N–H and O–H groups in total. The number of carbonyl (C=O) groups excluding carboxylic acids is 1. The summed E-state index contributed by atoms with van der Waals surface area (Å²) in [5.74, 6) is 0.561. The first kappa shape index (κ1) is 24.5. The van der Waals surface area contributed by atoms with E-state index in [0.717, 1.165) is 72.1 Å². The molecular formula is C30H30N6OS. The molecule has 1 saturated heterocycles. The molecule has 8 heteroatoms. The quantitative estimate of drug-likeness (QED) is 0.300. The number of nitrogens with one attached hydrogen (secondary N) is 2. The third kappa shape index (κ3) is 5.52. The van der Waals surface area contributed by atoms with Gasteiger partial charge >= 0.3 is 0 Å². The largest absolute Gasteiger partial charge is 0.336 e. The van der Waals surface area contributed by atoms with Crippen LogP contribution in [-0.4, -0.2) is 70.4 Å². The number of nitrogens with zero attached hydrogens (tertiary/aromatic N) is 4. The highest BCUT2D eigenvalue weighted by Gasteiger charge is 2.15. The van der Waals surface area contributed by atoms with Crippen LogP contribution in [-0.2, 0) is 6.42 Å². The Hall–Kier alpha value is -3.85. The lowest BCUT2D eigenvalue weighted by Crippen LogP contribution is -2.45. The second-order valence-corrected chi connectivity index (χ2v) is 10.6. The lowest BCUT2D eigenvalue weighted by atomic mass is 10.1. The average molecular weight is 523 g/mol. The monoisotopic (exact) mass is 522 g/mol. The maximum Gasteiger partial charge on any atom is 0.255 e. The third-order valence-electron chi connectivity index (χ3n) is 7.04. The predicted molar refractivity (Wildman–Crippen MR) is 155 cm³/mol. The maximum atomic E-state index is 13.0. The number of aromatic nitrogens is 3. The molecule has 38 heavy (non-hydrogen) atoms. The number of aromatic amines is 1. The Balaban J connectivity index is 1.10. The van der Waals surface area contributed by atoms with Crippen molar-refractivity contribution in [2.24, 2.45) is 0 Å². The Labute approximate surface area is 226 Å². The molecule has 1 aliphatic heterocycles. The predicted octanol–water partition coefficient (Wildman–Crippen LogP) is 5.40. The highest BCUT2D eigenvalue weighted by Crippen LogP contribution is 2.29. The average Bonchev–Trinajstić information content (AvgIpc) is 3.61. The maximum absolute atomic E-state index is 13.0. The van der Waals surface area contributed by atoms with E-state index < -0.39 is 0 Å². The van der Waals surface area contributed by atoms with Crippen LogP contribution in [0.25, 0.3) is 33.1 Å². The van der Waals surface area contributed by atoms with E-state index in [9.17, 15) is 4.79 Å². The van der Waals surface area contributed by atoms with Crippen LogP contribution in [0.1, 0.15) is 15.9 Å². The van der Waals surface area contributed by atoms with Crippen LogP contribution in [0, 0.1) is 0 Å². The summed E-state index contributed by atoms with van der Waals surface area (Å²) < 4.78 is 0. The summed E-state index contributed by atoms with van der Waals surface area (Å²) in [6.45, 7) is 5.60. The Morgan fingerprint density at radius 1 is 0.974 bits per heavy atom. The standard InChI is InChI=1S/C30H30N6OS/c1-35-15-17-36(18-16-35)14-13-21-7-10-24(11-8-21)31-29(37)23-9-12-25-26(19-23)33-28(32-25)30-34-27(20-38-30)22-5-3-2-4-6-22/h2-12,19-20H,13-18H2,1H3,(H,31,37)(H,32,33). The van der Waals surface area contributed by atoms with Gasteiger partial charge in [0.1, 0.15) is 0 Å². The summed E-state index contributed by atoms with van der Waals surface area (Å²) in [6.07, 6.45) is 1.02. The van der Waals surface area contributed by atoms with Gasteiger partial charge in [0.2, 0.25) is 0 Å². The van der Waals surface area contributed by atoms with Gasteiger partial charge in [-0.1, -0.05) is 42.5 Å². The normalized spacial score (nSPS) is 14.7. The number of hydrogen-bond acceptors (Lipinski definition) is 6. The molecule has 2 aromatic heterocycles.